The van der Waals surface area contributed by atoms with Gasteiger partial charge in [-0.05, 0) is 57.8 Å². The van der Waals surface area contributed by atoms with E-state index in [-0.39, 0.29) is 5.41 Å². The lowest BCUT2D eigenvalue weighted by Gasteiger charge is -2.29. The molecule has 9 heteroatoms. The van der Waals surface area contributed by atoms with Gasteiger partial charge in [-0.25, -0.2) is 0 Å². The van der Waals surface area contributed by atoms with Crippen molar-refractivity contribution in [3.05, 3.63) is 0 Å². The summed E-state index contributed by atoms with van der Waals surface area (Å²) in [5, 5.41) is 0. The minimum atomic E-state index is -2.40. The number of unbranched alkanes of at least 4 members (excludes halogenated alkanes) is 1. The van der Waals surface area contributed by atoms with Crippen molar-refractivity contribution in [3.8, 4) is 0 Å². The molecule has 0 saturated heterocycles. The van der Waals surface area contributed by atoms with Crippen LogP contribution in [0.4, 0.5) is 0 Å². The van der Waals surface area contributed by atoms with Crippen molar-refractivity contribution in [1.29, 1.82) is 0 Å². The Hall–Kier alpha value is 0.154. The normalized spacial score (nSPS) is 12.7. The van der Waals surface area contributed by atoms with Gasteiger partial charge >= 0.3 is 17.4 Å². The van der Waals surface area contributed by atoms with Gasteiger partial charge in [0.15, 0.2) is 0 Å². The fourth-order valence-electron chi connectivity index (χ4n) is 2.54. The van der Waals surface area contributed by atoms with E-state index in [1.54, 1.807) is 21.3 Å². The Kier molecular flexibility index (Phi) is 17.4. The molecule has 27 heavy (non-hydrogen) atoms. The molecular weight excluding hydrogens is 380 g/mol. The first kappa shape index (κ1) is 29.4. The van der Waals surface area contributed by atoms with E-state index in [2.05, 4.69) is 20.4 Å². The maximum atomic E-state index is 5.69. The van der Waals surface area contributed by atoms with Crippen LogP contribution >= 0.6 is 0 Å². The molecule has 0 aliphatic heterocycles. The Morgan fingerprint density at radius 1 is 0.815 bits per heavy atom. The highest BCUT2D eigenvalue weighted by atomic mass is 28.4. The topological polar surface area (TPSA) is 98.2 Å². The van der Waals surface area contributed by atoms with E-state index in [0.717, 1.165) is 51.1 Å². The fourth-order valence-corrected chi connectivity index (χ4v) is 7.12. The van der Waals surface area contributed by atoms with Crippen molar-refractivity contribution in [2.45, 2.75) is 65.6 Å². The molecule has 4 N–H and O–H groups in total. The van der Waals surface area contributed by atoms with E-state index < -0.39 is 17.4 Å². The van der Waals surface area contributed by atoms with Crippen molar-refractivity contribution in [1.82, 2.24) is 0 Å². The third-order valence-electron chi connectivity index (χ3n) is 4.58. The maximum absolute atomic E-state index is 5.69. The summed E-state index contributed by atoms with van der Waals surface area (Å²) >= 11 is 0. The third kappa shape index (κ3) is 13.9. The second-order valence-electron chi connectivity index (χ2n) is 7.41. The summed E-state index contributed by atoms with van der Waals surface area (Å²) in [6.07, 6.45) is 3.15. The Morgan fingerprint density at radius 2 is 1.30 bits per heavy atom. The second-order valence-corrected chi connectivity index (χ2v) is 13.8. The molecule has 0 aromatic heterocycles. The average Bonchev–Trinajstić information content (AvgIpc) is 2.64. The molecule has 0 atom stereocenters. The van der Waals surface area contributed by atoms with Crippen LogP contribution in [0.15, 0.2) is 0 Å². The van der Waals surface area contributed by atoms with Gasteiger partial charge in [0.2, 0.25) is 0 Å². The summed E-state index contributed by atoms with van der Waals surface area (Å²) in [6, 6.07) is 1.87. The highest BCUT2D eigenvalue weighted by molar-refractivity contribution is 6.66. The minimum absolute atomic E-state index is 0.119. The maximum Gasteiger partial charge on any atom is 0.500 e. The SMILES string of the molecule is CCO[Si](C)(CCCCN)OCC.CO[Si](CCC(C)(C)CN)(OC)OC. The number of nitrogens with two attached hydrogens (primary N) is 2. The Labute approximate surface area is 170 Å². The number of hydrogen-bond acceptors (Lipinski definition) is 7. The van der Waals surface area contributed by atoms with Crippen molar-refractivity contribution < 1.29 is 22.1 Å². The molecule has 0 aromatic carbocycles. The summed E-state index contributed by atoms with van der Waals surface area (Å²) in [7, 11) is 0.660. The van der Waals surface area contributed by atoms with Crippen LogP contribution in [0.25, 0.3) is 0 Å². The first-order valence-electron chi connectivity index (χ1n) is 9.97. The monoisotopic (exact) mass is 426 g/mol. The van der Waals surface area contributed by atoms with Gasteiger partial charge in [-0.2, -0.15) is 0 Å². The molecule has 0 aliphatic carbocycles. The van der Waals surface area contributed by atoms with E-state index >= 15 is 0 Å². The predicted octanol–water partition coefficient (Wildman–Crippen LogP) is 3.11. The van der Waals surface area contributed by atoms with Crippen LogP contribution in [0.5, 0.6) is 0 Å². The highest BCUT2D eigenvalue weighted by Gasteiger charge is 2.39. The molecule has 0 spiro atoms. The number of rotatable bonds is 15. The molecule has 0 saturated carbocycles. The van der Waals surface area contributed by atoms with Gasteiger partial charge in [-0.15, -0.1) is 0 Å². The van der Waals surface area contributed by atoms with Gasteiger partial charge in [0.25, 0.3) is 0 Å². The first-order chi connectivity index (χ1) is 12.6. The molecule has 0 radical (unpaired) electrons. The van der Waals surface area contributed by atoms with Crippen LogP contribution in [0.2, 0.25) is 18.6 Å². The Bertz CT molecular complexity index is 331. The van der Waals surface area contributed by atoms with E-state index in [1.165, 1.54) is 0 Å². The largest absolute Gasteiger partial charge is 0.500 e. The van der Waals surface area contributed by atoms with Gasteiger partial charge in [0, 0.05) is 40.6 Å². The Balaban J connectivity index is 0. The van der Waals surface area contributed by atoms with Crippen LogP contribution in [0.1, 0.15) is 47.0 Å². The van der Waals surface area contributed by atoms with Crippen LogP contribution < -0.4 is 11.5 Å². The first-order valence-corrected chi connectivity index (χ1v) is 14.4. The Morgan fingerprint density at radius 3 is 1.63 bits per heavy atom. The van der Waals surface area contributed by atoms with Crippen molar-refractivity contribution in [3.63, 3.8) is 0 Å². The molecule has 0 aliphatic rings. The standard InChI is InChI=1S/C9H23NO3Si.C9H23NO2Si/c1-9(2,8-10)6-7-14(11-3,12-4)13-5;1-4-11-13(3,12-5-2)9-7-6-8-10/h6-8,10H2,1-5H3;4-10H2,1-3H3. The van der Waals surface area contributed by atoms with Gasteiger partial charge in [0.1, 0.15) is 0 Å². The molecule has 0 fully saturated rings. The van der Waals surface area contributed by atoms with Crippen LogP contribution in [0, 0.1) is 5.41 Å². The van der Waals surface area contributed by atoms with Crippen molar-refractivity contribution in [2.24, 2.45) is 16.9 Å². The predicted molar refractivity (Wildman–Crippen MR) is 117 cm³/mol. The summed E-state index contributed by atoms with van der Waals surface area (Å²) in [4.78, 5) is 0. The van der Waals surface area contributed by atoms with Gasteiger partial charge in [-0.1, -0.05) is 20.3 Å². The smallest absolute Gasteiger partial charge is 0.395 e. The molecule has 0 bridgehead atoms. The van der Waals surface area contributed by atoms with Gasteiger partial charge in [0.05, 0.1) is 0 Å². The second kappa shape index (κ2) is 16.0. The molecule has 0 heterocycles. The van der Waals surface area contributed by atoms with E-state index in [1.807, 2.05) is 13.8 Å². The summed E-state index contributed by atoms with van der Waals surface area (Å²) in [5.74, 6) is 0. The lowest BCUT2D eigenvalue weighted by Crippen LogP contribution is -2.44. The summed E-state index contributed by atoms with van der Waals surface area (Å²) in [5.41, 5.74) is 11.2. The van der Waals surface area contributed by atoms with E-state index in [0.29, 0.717) is 6.54 Å². The molecule has 0 amide bonds. The van der Waals surface area contributed by atoms with Gasteiger partial charge < -0.3 is 33.6 Å². The zero-order chi connectivity index (χ0) is 21.4. The van der Waals surface area contributed by atoms with Crippen LogP contribution in [-0.4, -0.2) is 65.0 Å². The van der Waals surface area contributed by atoms with Crippen LogP contribution in [-0.2, 0) is 22.1 Å². The zero-order valence-corrected chi connectivity index (χ0v) is 21.1. The van der Waals surface area contributed by atoms with E-state index in [9.17, 15) is 0 Å². The molecular formula is C18H46N2O5Si2. The third-order valence-corrected chi connectivity index (χ3v) is 10.4. The van der Waals surface area contributed by atoms with Crippen molar-refractivity contribution >= 4 is 17.4 Å². The lowest BCUT2D eigenvalue weighted by atomic mass is 9.91. The quantitative estimate of drug-likeness (QED) is 0.307. The molecule has 7 nitrogen and oxygen atoms in total. The highest BCUT2D eigenvalue weighted by Crippen LogP contribution is 2.26. The van der Waals surface area contributed by atoms with E-state index in [4.69, 9.17) is 33.6 Å². The summed E-state index contributed by atoms with van der Waals surface area (Å²) < 4.78 is 27.4. The minimum Gasteiger partial charge on any atom is -0.395 e. The molecule has 0 unspecified atom stereocenters. The molecule has 166 valence electrons. The van der Waals surface area contributed by atoms with Gasteiger partial charge in [-0.3, -0.25) is 0 Å². The van der Waals surface area contributed by atoms with Crippen molar-refractivity contribution in [2.75, 3.05) is 47.6 Å². The van der Waals surface area contributed by atoms with Crippen LogP contribution in [0.3, 0.4) is 0 Å². The fraction of sp³-hybridized carbons (Fsp3) is 1.00. The molecule has 0 rings (SSSR count). The zero-order valence-electron chi connectivity index (χ0n) is 19.1. The summed E-state index contributed by atoms with van der Waals surface area (Å²) in [6.45, 7) is 13.4. The average molecular weight is 427 g/mol. The number of hydrogen-bond donors (Lipinski definition) is 2. The molecule has 0 aromatic rings. The lowest BCUT2D eigenvalue weighted by molar-refractivity contribution is 0.118.